The molecule has 18 heteroatoms. The highest BCUT2D eigenvalue weighted by molar-refractivity contribution is 7.90. The number of methoxy groups -OCH3 is 1. The molecular formula is C38H65BF4N2O9S2. The summed E-state index contributed by atoms with van der Waals surface area (Å²) in [4.78, 5) is 26.0. The molecule has 4 saturated carbocycles. The van der Waals surface area contributed by atoms with Gasteiger partial charge in [0.2, 0.25) is 31.9 Å². The van der Waals surface area contributed by atoms with Gasteiger partial charge in [-0.25, -0.2) is 25.4 Å². The molecule has 0 aromatic carbocycles. The highest BCUT2D eigenvalue weighted by Crippen LogP contribution is 2.71. The monoisotopic (exact) mass is 844 g/mol. The van der Waals surface area contributed by atoms with Crippen molar-refractivity contribution in [2.45, 2.75) is 118 Å². The molecule has 2 amide bonds. The normalized spacial score (nSPS) is 33.9. The zero-order chi connectivity index (χ0) is 42.3. The lowest BCUT2D eigenvalue weighted by atomic mass is 9.69. The Labute approximate surface area is 333 Å². The van der Waals surface area contributed by atoms with Crippen molar-refractivity contribution in [3.05, 3.63) is 24.3 Å². The number of carbonyl (C=O) groups excluding carboxylic acids is 2. The minimum Gasteiger partial charge on any atom is -1.00 e. The fourth-order valence-electron chi connectivity index (χ4n) is 10.8. The lowest BCUT2D eigenvalue weighted by molar-refractivity contribution is -0.136. The number of halogens is 4. The standard InChI is InChI=1S/C18H29NO4S.C17H27NO4S.C3H9O.BF3.FH/c1-6-7-14(23-5)12(2)16(20)19-15-10-13-8-9-18(15,17(13,3)4)11-24(19,21)22;1-5-6-13(19)11(2)15(20)18-14-9-12-7-8-17(14,16(12,3)4)10-23(18,21)22;1-4(2)3;2-1(3)4;/h6-7,12-15H,8-11H2,1-5H3;5-6,11-14,19H,7-10H2,1-4H3;1-3H3;;1H/q;;+1;;/p-1/b7-6+;6-5+;;;/t12-,13?,14-,15?,18?;11-,12?,13-,14?,17?;;;/m11.../s1. The van der Waals surface area contributed by atoms with Crippen molar-refractivity contribution in [3.8, 4) is 0 Å². The number of hydrogen-bond donors (Lipinski definition) is 1. The second-order valence-corrected chi connectivity index (χ2v) is 21.5. The largest absolute Gasteiger partial charge is 1.00 e. The van der Waals surface area contributed by atoms with Crippen LogP contribution in [0.4, 0.5) is 12.9 Å². The summed E-state index contributed by atoms with van der Waals surface area (Å²) < 4.78 is 90.7. The van der Waals surface area contributed by atoms with Crippen LogP contribution in [0, 0.1) is 45.3 Å². The van der Waals surface area contributed by atoms with E-state index in [0.29, 0.717) is 11.8 Å². The molecule has 4 aliphatic carbocycles. The van der Waals surface area contributed by atoms with Crippen LogP contribution in [-0.2, 0) is 38.7 Å². The number of amides is 2. The van der Waals surface area contributed by atoms with Gasteiger partial charge >= 0.3 is 7.54 Å². The maximum absolute atomic E-state index is 13.1. The third kappa shape index (κ3) is 8.79. The Morgan fingerprint density at radius 2 is 1.12 bits per heavy atom. The number of rotatable bonds is 7. The van der Waals surface area contributed by atoms with Crippen LogP contribution in [-0.4, -0.2) is 114 Å². The fraction of sp³-hybridized carbons (Fsp3) is 0.842. The lowest BCUT2D eigenvalue weighted by Gasteiger charge is -2.37. The minimum atomic E-state index is -3.67. The van der Waals surface area contributed by atoms with Crippen LogP contribution in [0.3, 0.4) is 0 Å². The number of hydrogen-bond acceptors (Lipinski definition) is 8. The number of nitrogens with zero attached hydrogens (tertiary/aromatic N) is 2. The second-order valence-electron chi connectivity index (χ2n) is 17.8. The van der Waals surface area contributed by atoms with Gasteiger partial charge in [-0.15, -0.1) is 0 Å². The van der Waals surface area contributed by atoms with Crippen molar-refractivity contribution in [3.63, 3.8) is 0 Å². The van der Waals surface area contributed by atoms with Crippen LogP contribution in [0.15, 0.2) is 24.3 Å². The number of allylic oxidation sites excluding steroid dienone is 2. The summed E-state index contributed by atoms with van der Waals surface area (Å²) in [5, 5.41) is 10.1. The summed E-state index contributed by atoms with van der Waals surface area (Å²) in [7, 11) is -3.53. The van der Waals surface area contributed by atoms with Crippen molar-refractivity contribution >= 4 is 39.4 Å². The number of sulfonamides is 2. The molecule has 10 atom stereocenters. The number of aliphatic hydroxyl groups is 1. The molecule has 6 unspecified atom stereocenters. The van der Waals surface area contributed by atoms with Crippen LogP contribution >= 0.6 is 0 Å². The number of ether oxygens (including phenoxy) is 1. The van der Waals surface area contributed by atoms with Gasteiger partial charge in [-0.1, -0.05) is 65.8 Å². The Hall–Kier alpha value is -2.02. The molecule has 324 valence electrons. The van der Waals surface area contributed by atoms with E-state index in [-0.39, 0.29) is 55.9 Å². The van der Waals surface area contributed by atoms with E-state index >= 15 is 0 Å². The molecule has 4 bridgehead atoms. The predicted molar refractivity (Wildman–Crippen MR) is 209 cm³/mol. The molecule has 0 aromatic heterocycles. The van der Waals surface area contributed by atoms with Gasteiger partial charge in [0.15, 0.2) is 0 Å². The van der Waals surface area contributed by atoms with E-state index in [4.69, 9.17) is 4.74 Å². The first-order chi connectivity index (χ1) is 25.2. The zero-order valence-corrected chi connectivity index (χ0v) is 36.7. The molecule has 2 heterocycles. The van der Waals surface area contributed by atoms with Crippen LogP contribution < -0.4 is 4.70 Å². The third-order valence-electron chi connectivity index (χ3n) is 14.1. The van der Waals surface area contributed by atoms with Gasteiger partial charge in [-0.2, -0.15) is 0 Å². The van der Waals surface area contributed by atoms with E-state index in [1.165, 1.54) is 10.4 Å². The Morgan fingerprint density at radius 1 is 0.786 bits per heavy atom. The van der Waals surface area contributed by atoms with Gasteiger partial charge in [-0.3, -0.25) is 22.5 Å². The molecule has 6 aliphatic rings. The first-order valence-electron chi connectivity index (χ1n) is 19.2. The zero-order valence-electron chi connectivity index (χ0n) is 35.1. The maximum atomic E-state index is 13.1. The summed E-state index contributed by atoms with van der Waals surface area (Å²) in [6.07, 6.45) is 11.0. The van der Waals surface area contributed by atoms with Gasteiger partial charge in [0, 0.05) is 17.9 Å². The number of aliphatic hydroxyl groups excluding tert-OH is 1. The molecule has 11 nitrogen and oxygen atoms in total. The summed E-state index contributed by atoms with van der Waals surface area (Å²) in [5.74, 6) is -0.852. The molecule has 2 spiro atoms. The molecule has 0 radical (unpaired) electrons. The summed E-state index contributed by atoms with van der Waals surface area (Å²) in [6, 6.07) is -0.400. The molecule has 6 rings (SSSR count). The van der Waals surface area contributed by atoms with E-state index in [9.17, 15) is 44.5 Å². The molecule has 1 N–H and O–H groups in total. The highest BCUT2D eigenvalue weighted by atomic mass is 32.2. The topological polar surface area (TPSA) is 141 Å². The van der Waals surface area contributed by atoms with Crippen molar-refractivity contribution < 1.29 is 58.3 Å². The van der Waals surface area contributed by atoms with E-state index in [2.05, 4.69) is 32.1 Å². The van der Waals surface area contributed by atoms with Crippen molar-refractivity contribution in [1.29, 1.82) is 0 Å². The molecule has 2 aliphatic heterocycles. The van der Waals surface area contributed by atoms with E-state index < -0.39 is 57.5 Å². The molecule has 56 heavy (non-hydrogen) atoms. The SMILES string of the molecule is C/C=C/[C@@H](O)[C@@H](C)C(=O)N1C2CC3CCC2(CS1(=O)=O)C3(C)C.C/C=C/[C@@H](OC)[C@@H](C)C(=O)N1C2CC3CCC2(CS1(=O)=O)C3(C)C.C[O+](C)C.FB(F)F.[F-]. The molecular weight excluding hydrogens is 779 g/mol. The lowest BCUT2D eigenvalue weighted by Crippen LogP contribution is -3.00. The average molecular weight is 845 g/mol. The third-order valence-corrected chi connectivity index (χ3v) is 17.9. The van der Waals surface area contributed by atoms with Gasteiger partial charge in [0.05, 0.1) is 47.6 Å². The maximum Gasteiger partial charge on any atom is 0.762 e. The van der Waals surface area contributed by atoms with Crippen LogP contribution in [0.25, 0.3) is 0 Å². The van der Waals surface area contributed by atoms with Crippen molar-refractivity contribution in [1.82, 2.24) is 8.61 Å². The number of carbonyl (C=O) groups is 2. The fourth-order valence-corrected chi connectivity index (χ4v) is 16.1. The van der Waals surface area contributed by atoms with Gasteiger partial charge in [0.1, 0.15) is 21.3 Å². The Kier molecular flexibility index (Phi) is 16.2. The predicted octanol–water partition coefficient (Wildman–Crippen LogP) is 2.82. The average Bonchev–Trinajstić information content (AvgIpc) is 3.75. The number of fused-ring (bicyclic) bond motifs is 2. The summed E-state index contributed by atoms with van der Waals surface area (Å²) in [6.45, 7) is 15.7. The first-order valence-corrected chi connectivity index (χ1v) is 22.4. The minimum absolute atomic E-state index is 0. The van der Waals surface area contributed by atoms with Crippen molar-refractivity contribution in [2.24, 2.45) is 45.3 Å². The molecule has 2 saturated heterocycles. The van der Waals surface area contributed by atoms with E-state index in [1.54, 1.807) is 34.0 Å². The quantitative estimate of drug-likeness (QED) is 0.179. The van der Waals surface area contributed by atoms with E-state index in [1.807, 2.05) is 40.4 Å². The van der Waals surface area contributed by atoms with Crippen LogP contribution in [0.5, 0.6) is 0 Å². The molecule has 6 fully saturated rings. The second kappa shape index (κ2) is 18.1. The van der Waals surface area contributed by atoms with E-state index in [0.717, 1.165) is 42.8 Å². The Morgan fingerprint density at radius 3 is 1.43 bits per heavy atom. The Bertz CT molecular complexity index is 1670. The Balaban J connectivity index is 0.000000320. The first kappa shape index (κ1) is 50.1. The van der Waals surface area contributed by atoms with Gasteiger partial charge in [0.25, 0.3) is 0 Å². The summed E-state index contributed by atoms with van der Waals surface area (Å²) in [5.41, 5.74) is -0.648. The van der Waals surface area contributed by atoms with Gasteiger partial charge < -0.3 is 18.9 Å². The highest BCUT2D eigenvalue weighted by Gasteiger charge is 2.73. The van der Waals surface area contributed by atoms with Crippen LogP contribution in [0.1, 0.15) is 93.9 Å². The van der Waals surface area contributed by atoms with Gasteiger partial charge in [-0.05, 0) is 75.0 Å². The smallest absolute Gasteiger partial charge is 0.762 e. The summed E-state index contributed by atoms with van der Waals surface area (Å²) >= 11 is 0. The molecule has 0 aromatic rings. The van der Waals surface area contributed by atoms with Crippen LogP contribution in [0.2, 0.25) is 0 Å². The van der Waals surface area contributed by atoms with Crippen molar-refractivity contribution in [2.75, 3.05) is 39.9 Å².